The van der Waals surface area contributed by atoms with Gasteiger partial charge in [0.05, 0.1) is 10.4 Å². The first-order chi connectivity index (χ1) is 9.15. The predicted octanol–water partition coefficient (Wildman–Crippen LogP) is 2.98. The molecule has 94 valence electrons. The number of halogens is 1. The van der Waals surface area contributed by atoms with Crippen LogP contribution in [-0.2, 0) is 0 Å². The van der Waals surface area contributed by atoms with Crippen molar-refractivity contribution in [3.8, 4) is 5.95 Å². The molecule has 0 atom stereocenters. The van der Waals surface area contributed by atoms with E-state index in [4.69, 9.17) is 11.6 Å². The van der Waals surface area contributed by atoms with Gasteiger partial charge >= 0.3 is 5.69 Å². The largest absolute Gasteiger partial charge is 0.305 e. The summed E-state index contributed by atoms with van der Waals surface area (Å²) in [4.78, 5) is 18.0. The Kier molecular flexibility index (Phi) is 2.64. The Bertz CT molecular complexity index is 767. The highest BCUT2D eigenvalue weighted by Crippen LogP contribution is 2.22. The average Bonchev–Trinajstić information content (AvgIpc) is 2.81. The number of hydrogen-bond acceptors (Lipinski definition) is 4. The Morgan fingerprint density at radius 1 is 1.21 bits per heavy atom. The predicted molar refractivity (Wildman–Crippen MR) is 70.5 cm³/mol. The lowest BCUT2D eigenvalue weighted by molar-refractivity contribution is -0.385. The molecule has 2 aromatic heterocycles. The molecule has 3 rings (SSSR count). The van der Waals surface area contributed by atoms with E-state index >= 15 is 0 Å². The molecule has 19 heavy (non-hydrogen) atoms. The number of fused-ring (bicyclic) bond motifs is 1. The SMILES string of the molecule is O=[N+]([O-])c1cnc(-n2ccc3cc(Cl)ccc32)nc1. The molecule has 0 saturated heterocycles. The highest BCUT2D eigenvalue weighted by Gasteiger charge is 2.09. The molecule has 0 spiro atoms. The van der Waals surface area contributed by atoms with Crippen molar-refractivity contribution in [2.24, 2.45) is 0 Å². The number of rotatable bonds is 2. The van der Waals surface area contributed by atoms with Gasteiger partial charge in [-0.2, -0.15) is 0 Å². The lowest BCUT2D eigenvalue weighted by atomic mass is 10.2. The van der Waals surface area contributed by atoms with Gasteiger partial charge in [0.2, 0.25) is 5.95 Å². The summed E-state index contributed by atoms with van der Waals surface area (Å²) in [5, 5.41) is 12.2. The van der Waals surface area contributed by atoms with Gasteiger partial charge < -0.3 is 0 Å². The molecule has 0 radical (unpaired) electrons. The van der Waals surface area contributed by atoms with Crippen LogP contribution in [0.25, 0.3) is 16.9 Å². The Labute approximate surface area is 112 Å². The lowest BCUT2D eigenvalue weighted by Crippen LogP contribution is -2.00. The molecule has 2 heterocycles. The second-order valence-electron chi connectivity index (χ2n) is 3.89. The quantitative estimate of drug-likeness (QED) is 0.532. The van der Waals surface area contributed by atoms with Crippen LogP contribution in [0.3, 0.4) is 0 Å². The third-order valence-corrected chi connectivity index (χ3v) is 2.94. The van der Waals surface area contributed by atoms with Gasteiger partial charge in [-0.1, -0.05) is 11.6 Å². The molecular formula is C12H7ClN4O2. The van der Waals surface area contributed by atoms with Crippen LogP contribution in [0.1, 0.15) is 0 Å². The highest BCUT2D eigenvalue weighted by molar-refractivity contribution is 6.31. The van der Waals surface area contributed by atoms with Gasteiger partial charge in [-0.15, -0.1) is 0 Å². The fraction of sp³-hybridized carbons (Fsp3) is 0. The molecule has 7 heteroatoms. The zero-order valence-corrected chi connectivity index (χ0v) is 10.3. The Balaban J connectivity index is 2.11. The third kappa shape index (κ3) is 2.02. The van der Waals surface area contributed by atoms with E-state index < -0.39 is 4.92 Å². The van der Waals surface area contributed by atoms with E-state index in [1.165, 1.54) is 12.4 Å². The van der Waals surface area contributed by atoms with E-state index in [0.29, 0.717) is 11.0 Å². The van der Waals surface area contributed by atoms with Crippen LogP contribution in [0.4, 0.5) is 5.69 Å². The maximum Gasteiger partial charge on any atom is 0.305 e. The molecule has 1 aromatic carbocycles. The van der Waals surface area contributed by atoms with Gasteiger partial charge in [0.15, 0.2) is 0 Å². The molecule has 0 aliphatic heterocycles. The van der Waals surface area contributed by atoms with Crippen molar-refractivity contribution in [2.45, 2.75) is 0 Å². The van der Waals surface area contributed by atoms with E-state index in [0.717, 1.165) is 10.9 Å². The standard InChI is InChI=1S/C12H7ClN4O2/c13-9-1-2-11-8(5-9)3-4-16(11)12-14-6-10(7-15-12)17(18)19/h1-7H. The Hall–Kier alpha value is -2.47. The number of benzene rings is 1. The second-order valence-corrected chi connectivity index (χ2v) is 4.32. The van der Waals surface area contributed by atoms with Crippen LogP contribution in [0.15, 0.2) is 42.9 Å². The molecule has 3 aromatic rings. The summed E-state index contributed by atoms with van der Waals surface area (Å²) in [6.07, 6.45) is 4.16. The number of nitro groups is 1. The smallest absolute Gasteiger partial charge is 0.285 e. The van der Waals surface area contributed by atoms with E-state index in [2.05, 4.69) is 9.97 Å². The summed E-state index contributed by atoms with van der Waals surface area (Å²) >= 11 is 5.91. The molecule has 0 aliphatic carbocycles. The molecule has 0 saturated carbocycles. The van der Waals surface area contributed by atoms with E-state index in [1.54, 1.807) is 16.8 Å². The van der Waals surface area contributed by atoms with Crippen molar-refractivity contribution in [3.63, 3.8) is 0 Å². The van der Waals surface area contributed by atoms with Gasteiger partial charge in [0, 0.05) is 16.6 Å². The van der Waals surface area contributed by atoms with Crippen LogP contribution in [-0.4, -0.2) is 19.5 Å². The van der Waals surface area contributed by atoms with Gasteiger partial charge in [-0.05, 0) is 24.3 Å². The van der Waals surface area contributed by atoms with Gasteiger partial charge in [0.25, 0.3) is 0 Å². The summed E-state index contributed by atoms with van der Waals surface area (Å²) in [5.74, 6) is 0.378. The molecule has 6 nitrogen and oxygen atoms in total. The highest BCUT2D eigenvalue weighted by atomic mass is 35.5. The molecular weight excluding hydrogens is 268 g/mol. The first-order valence-corrected chi connectivity index (χ1v) is 5.76. The zero-order chi connectivity index (χ0) is 13.4. The van der Waals surface area contributed by atoms with Crippen molar-refractivity contribution in [1.29, 1.82) is 0 Å². The van der Waals surface area contributed by atoms with Crippen LogP contribution < -0.4 is 0 Å². The van der Waals surface area contributed by atoms with Crippen molar-refractivity contribution >= 4 is 28.2 Å². The minimum Gasteiger partial charge on any atom is -0.285 e. The molecule has 0 amide bonds. The normalized spacial score (nSPS) is 10.8. The summed E-state index contributed by atoms with van der Waals surface area (Å²) in [7, 11) is 0. The molecule has 0 unspecified atom stereocenters. The number of aromatic nitrogens is 3. The van der Waals surface area contributed by atoms with Gasteiger partial charge in [-0.25, -0.2) is 9.97 Å². The molecule has 0 fully saturated rings. The van der Waals surface area contributed by atoms with Crippen LogP contribution in [0.5, 0.6) is 0 Å². The minimum absolute atomic E-state index is 0.136. The first-order valence-electron chi connectivity index (χ1n) is 5.38. The van der Waals surface area contributed by atoms with Gasteiger partial charge in [0.1, 0.15) is 12.4 Å². The summed E-state index contributed by atoms with van der Waals surface area (Å²) in [6, 6.07) is 7.33. The van der Waals surface area contributed by atoms with Crippen LogP contribution >= 0.6 is 11.6 Å². The zero-order valence-electron chi connectivity index (χ0n) is 9.52. The van der Waals surface area contributed by atoms with E-state index in [9.17, 15) is 10.1 Å². The minimum atomic E-state index is -0.530. The van der Waals surface area contributed by atoms with Crippen LogP contribution in [0.2, 0.25) is 5.02 Å². The van der Waals surface area contributed by atoms with Crippen molar-refractivity contribution in [1.82, 2.24) is 14.5 Å². The number of hydrogen-bond donors (Lipinski definition) is 0. The molecule has 0 N–H and O–H groups in total. The second kappa shape index (κ2) is 4.33. The third-order valence-electron chi connectivity index (χ3n) is 2.70. The summed E-state index contributed by atoms with van der Waals surface area (Å²) in [5.41, 5.74) is 0.751. The topological polar surface area (TPSA) is 73.8 Å². The number of nitrogens with zero attached hydrogens (tertiary/aromatic N) is 4. The summed E-state index contributed by atoms with van der Waals surface area (Å²) < 4.78 is 1.75. The van der Waals surface area contributed by atoms with Crippen LogP contribution in [0, 0.1) is 10.1 Å². The summed E-state index contributed by atoms with van der Waals surface area (Å²) in [6.45, 7) is 0. The Morgan fingerprint density at radius 2 is 1.95 bits per heavy atom. The van der Waals surface area contributed by atoms with Crippen molar-refractivity contribution < 1.29 is 4.92 Å². The lowest BCUT2D eigenvalue weighted by Gasteiger charge is -2.02. The molecule has 0 bridgehead atoms. The monoisotopic (exact) mass is 274 g/mol. The first kappa shape index (κ1) is 11.6. The average molecular weight is 275 g/mol. The Morgan fingerprint density at radius 3 is 2.63 bits per heavy atom. The van der Waals surface area contributed by atoms with Crippen molar-refractivity contribution in [2.75, 3.05) is 0 Å². The van der Waals surface area contributed by atoms with Crippen molar-refractivity contribution in [3.05, 3.63) is 58.0 Å². The maximum absolute atomic E-state index is 10.6. The van der Waals surface area contributed by atoms with Gasteiger partial charge in [-0.3, -0.25) is 14.7 Å². The molecule has 0 aliphatic rings. The fourth-order valence-corrected chi connectivity index (χ4v) is 2.00. The van der Waals surface area contributed by atoms with E-state index in [-0.39, 0.29) is 5.69 Å². The maximum atomic E-state index is 10.6. The fourth-order valence-electron chi connectivity index (χ4n) is 1.82. The van der Waals surface area contributed by atoms with E-state index in [1.807, 2.05) is 18.2 Å².